The van der Waals surface area contributed by atoms with Gasteiger partial charge in [0, 0.05) is 12.1 Å². The molecule has 15 heavy (non-hydrogen) atoms. The van der Waals surface area contributed by atoms with Gasteiger partial charge in [-0.2, -0.15) is 0 Å². The summed E-state index contributed by atoms with van der Waals surface area (Å²) in [6, 6.07) is 3.89. The highest BCUT2D eigenvalue weighted by molar-refractivity contribution is 9.10. The molecule has 1 aliphatic carbocycles. The molecule has 0 amide bonds. The number of benzene rings is 1. The van der Waals surface area contributed by atoms with E-state index in [0.29, 0.717) is 11.6 Å². The molecule has 0 aliphatic heterocycles. The second-order valence-corrected chi connectivity index (χ2v) is 4.78. The monoisotopic (exact) mass is 268 g/mol. The van der Waals surface area contributed by atoms with E-state index < -0.39 is 0 Å². The Bertz CT molecular complexity index is 543. The number of nitrogens with zero attached hydrogens (tertiary/aromatic N) is 2. The summed E-state index contributed by atoms with van der Waals surface area (Å²) in [5, 5.41) is 0. The third-order valence-electron chi connectivity index (χ3n) is 2.84. The second kappa shape index (κ2) is 3.04. The predicted molar refractivity (Wildman–Crippen MR) is 60.4 cm³/mol. The van der Waals surface area contributed by atoms with E-state index in [1.165, 1.54) is 12.8 Å². The van der Waals surface area contributed by atoms with E-state index >= 15 is 0 Å². The predicted octanol–water partition coefficient (Wildman–Crippen LogP) is 3.58. The number of hydrogen-bond donors (Lipinski definition) is 0. The van der Waals surface area contributed by atoms with Gasteiger partial charge in [-0.3, -0.25) is 0 Å². The van der Waals surface area contributed by atoms with Crippen molar-refractivity contribution >= 4 is 27.0 Å². The van der Waals surface area contributed by atoms with Gasteiger partial charge in [-0.1, -0.05) is 0 Å². The lowest BCUT2D eigenvalue weighted by Crippen LogP contribution is -1.94. The van der Waals surface area contributed by atoms with E-state index in [0.717, 1.165) is 15.8 Å². The van der Waals surface area contributed by atoms with Crippen LogP contribution in [0.25, 0.3) is 11.0 Å². The summed E-state index contributed by atoms with van der Waals surface area (Å²) in [6.07, 6.45) is 2.33. The Morgan fingerprint density at radius 3 is 2.87 bits per heavy atom. The molecule has 0 N–H and O–H groups in total. The van der Waals surface area contributed by atoms with Crippen molar-refractivity contribution in [2.45, 2.75) is 25.8 Å². The van der Waals surface area contributed by atoms with Gasteiger partial charge in [-0.25, -0.2) is 9.37 Å². The Balaban J connectivity index is 2.34. The van der Waals surface area contributed by atoms with Crippen molar-refractivity contribution in [2.24, 2.45) is 0 Å². The Kier molecular flexibility index (Phi) is 1.89. The van der Waals surface area contributed by atoms with Gasteiger partial charge in [0.2, 0.25) is 0 Å². The highest BCUT2D eigenvalue weighted by atomic mass is 79.9. The van der Waals surface area contributed by atoms with E-state index in [9.17, 15) is 4.39 Å². The Hall–Kier alpha value is -0.900. The van der Waals surface area contributed by atoms with E-state index in [1.807, 2.05) is 0 Å². The highest BCUT2D eigenvalue weighted by Crippen LogP contribution is 2.40. The van der Waals surface area contributed by atoms with Crippen LogP contribution in [-0.4, -0.2) is 9.55 Å². The SMILES string of the molecule is Cc1cc2nc(Br)n(C3CC3)c2cc1F. The zero-order valence-electron chi connectivity index (χ0n) is 8.30. The first-order valence-corrected chi connectivity index (χ1v) is 5.79. The summed E-state index contributed by atoms with van der Waals surface area (Å²) < 4.78 is 16.4. The van der Waals surface area contributed by atoms with Crippen molar-refractivity contribution in [3.63, 3.8) is 0 Å². The molecule has 1 heterocycles. The molecule has 2 aromatic rings. The summed E-state index contributed by atoms with van der Waals surface area (Å²) in [5.41, 5.74) is 2.41. The van der Waals surface area contributed by atoms with Gasteiger partial charge in [0.1, 0.15) is 5.82 Å². The summed E-state index contributed by atoms with van der Waals surface area (Å²) in [6.45, 7) is 1.76. The van der Waals surface area contributed by atoms with Gasteiger partial charge in [-0.05, 0) is 47.3 Å². The molecule has 1 aliphatic rings. The van der Waals surface area contributed by atoms with Gasteiger partial charge < -0.3 is 4.57 Å². The lowest BCUT2D eigenvalue weighted by Gasteiger charge is -2.03. The lowest BCUT2D eigenvalue weighted by atomic mass is 10.2. The smallest absolute Gasteiger partial charge is 0.178 e. The quantitative estimate of drug-likeness (QED) is 0.773. The van der Waals surface area contributed by atoms with Gasteiger partial charge in [-0.15, -0.1) is 0 Å². The molecular formula is C11H10BrFN2. The van der Waals surface area contributed by atoms with E-state index in [2.05, 4.69) is 25.5 Å². The zero-order valence-corrected chi connectivity index (χ0v) is 9.88. The summed E-state index contributed by atoms with van der Waals surface area (Å²) in [4.78, 5) is 4.39. The minimum atomic E-state index is -0.156. The van der Waals surface area contributed by atoms with Crippen LogP contribution in [0.2, 0.25) is 0 Å². The fourth-order valence-electron chi connectivity index (χ4n) is 1.87. The third kappa shape index (κ3) is 1.39. The van der Waals surface area contributed by atoms with E-state index in [-0.39, 0.29) is 5.82 Å². The number of imidazole rings is 1. The van der Waals surface area contributed by atoms with Crippen molar-refractivity contribution in [3.05, 3.63) is 28.2 Å². The van der Waals surface area contributed by atoms with Crippen LogP contribution in [0.4, 0.5) is 4.39 Å². The number of fused-ring (bicyclic) bond motifs is 1. The normalized spacial score (nSPS) is 16.2. The molecule has 2 nitrogen and oxygen atoms in total. The number of hydrogen-bond acceptors (Lipinski definition) is 1. The topological polar surface area (TPSA) is 17.8 Å². The van der Waals surface area contributed by atoms with Gasteiger partial charge in [0.05, 0.1) is 11.0 Å². The molecule has 1 fully saturated rings. The highest BCUT2D eigenvalue weighted by Gasteiger charge is 2.27. The molecule has 0 saturated heterocycles. The fourth-order valence-corrected chi connectivity index (χ4v) is 2.54. The molecule has 1 aromatic carbocycles. The lowest BCUT2D eigenvalue weighted by molar-refractivity contribution is 0.618. The van der Waals surface area contributed by atoms with Crippen molar-refractivity contribution in [2.75, 3.05) is 0 Å². The second-order valence-electron chi connectivity index (χ2n) is 4.07. The maximum Gasteiger partial charge on any atom is 0.178 e. The average molecular weight is 269 g/mol. The first kappa shape index (κ1) is 9.33. The molecule has 3 rings (SSSR count). The largest absolute Gasteiger partial charge is 0.315 e. The van der Waals surface area contributed by atoms with Crippen LogP contribution in [0.3, 0.4) is 0 Å². The van der Waals surface area contributed by atoms with Gasteiger partial charge in [0.25, 0.3) is 0 Å². The molecule has 0 bridgehead atoms. The molecule has 0 spiro atoms. The molecule has 1 saturated carbocycles. The average Bonchev–Trinajstić information content (AvgIpc) is 2.93. The van der Waals surface area contributed by atoms with E-state index in [1.54, 1.807) is 19.1 Å². The van der Waals surface area contributed by atoms with Gasteiger partial charge in [0.15, 0.2) is 4.73 Å². The standard InChI is InChI=1S/C11H10BrFN2/c1-6-4-9-10(5-8(6)13)15(7-2-3-7)11(12)14-9/h4-5,7H,2-3H2,1H3. The van der Waals surface area contributed by atoms with Crippen LogP contribution in [0.15, 0.2) is 16.9 Å². The number of rotatable bonds is 1. The van der Waals surface area contributed by atoms with Crippen LogP contribution in [0, 0.1) is 12.7 Å². The minimum absolute atomic E-state index is 0.156. The molecular weight excluding hydrogens is 259 g/mol. The third-order valence-corrected chi connectivity index (χ3v) is 3.40. The molecule has 1 aromatic heterocycles. The van der Waals surface area contributed by atoms with Crippen molar-refractivity contribution in [3.8, 4) is 0 Å². The van der Waals surface area contributed by atoms with Crippen LogP contribution in [0.1, 0.15) is 24.4 Å². The van der Waals surface area contributed by atoms with Crippen molar-refractivity contribution in [1.29, 1.82) is 0 Å². The fraction of sp³-hybridized carbons (Fsp3) is 0.364. The zero-order chi connectivity index (χ0) is 10.6. The number of halogens is 2. The molecule has 4 heteroatoms. The Labute approximate surface area is 95.2 Å². The maximum atomic E-state index is 13.5. The number of aromatic nitrogens is 2. The van der Waals surface area contributed by atoms with Gasteiger partial charge >= 0.3 is 0 Å². The van der Waals surface area contributed by atoms with Crippen LogP contribution in [0.5, 0.6) is 0 Å². The molecule has 78 valence electrons. The summed E-state index contributed by atoms with van der Waals surface area (Å²) in [7, 11) is 0. The first-order valence-electron chi connectivity index (χ1n) is 5.00. The molecule has 0 unspecified atom stereocenters. The summed E-state index contributed by atoms with van der Waals surface area (Å²) in [5.74, 6) is -0.156. The van der Waals surface area contributed by atoms with Crippen molar-refractivity contribution < 1.29 is 4.39 Å². The summed E-state index contributed by atoms with van der Waals surface area (Å²) >= 11 is 3.43. The minimum Gasteiger partial charge on any atom is -0.315 e. The number of aryl methyl sites for hydroxylation is 1. The Morgan fingerprint density at radius 2 is 2.20 bits per heavy atom. The van der Waals surface area contributed by atoms with Crippen LogP contribution >= 0.6 is 15.9 Å². The van der Waals surface area contributed by atoms with E-state index in [4.69, 9.17) is 0 Å². The molecule has 0 radical (unpaired) electrons. The Morgan fingerprint density at radius 1 is 1.47 bits per heavy atom. The molecule has 0 atom stereocenters. The van der Waals surface area contributed by atoms with Crippen molar-refractivity contribution in [1.82, 2.24) is 9.55 Å². The van der Waals surface area contributed by atoms with Crippen LogP contribution in [-0.2, 0) is 0 Å². The first-order chi connectivity index (χ1) is 7.16. The van der Waals surface area contributed by atoms with Crippen LogP contribution < -0.4 is 0 Å². The maximum absolute atomic E-state index is 13.5.